The van der Waals surface area contributed by atoms with Gasteiger partial charge < -0.3 is 0 Å². The number of benzene rings is 15. The van der Waals surface area contributed by atoms with Gasteiger partial charge >= 0.3 is 0 Å². The van der Waals surface area contributed by atoms with E-state index in [0.29, 0.717) is 0 Å². The molecule has 6 heteroatoms. The number of pyridine rings is 4. The molecule has 0 spiro atoms. The quantitative estimate of drug-likeness (QED) is 0.112. The summed E-state index contributed by atoms with van der Waals surface area (Å²) in [5.74, 6) is 0.935. The number of rotatable bonds is 8. The van der Waals surface area contributed by atoms with Crippen molar-refractivity contribution in [2.75, 3.05) is 0 Å². The van der Waals surface area contributed by atoms with Gasteiger partial charge in [-0.1, -0.05) is 273 Å². The number of aromatic nitrogens is 6. The molecule has 0 bridgehead atoms. The van der Waals surface area contributed by atoms with Gasteiger partial charge in [-0.25, -0.2) is 15.0 Å². The van der Waals surface area contributed by atoms with E-state index in [1.807, 2.05) is 36.7 Å². The van der Waals surface area contributed by atoms with Crippen LogP contribution in [0, 0.1) is 0 Å². The molecule has 474 valence electrons. The van der Waals surface area contributed by atoms with Gasteiger partial charge in [0.15, 0.2) is 0 Å². The molecule has 5 heterocycles. The molecule has 0 saturated carbocycles. The molecule has 0 aliphatic heterocycles. The van der Waals surface area contributed by atoms with Gasteiger partial charge in [-0.15, -0.1) is 0 Å². The van der Waals surface area contributed by atoms with E-state index in [9.17, 15) is 0 Å². The Morgan fingerprint density at radius 3 is 1.25 bits per heavy atom. The summed E-state index contributed by atoms with van der Waals surface area (Å²) in [7, 11) is 0. The lowest BCUT2D eigenvalue weighted by atomic mass is 9.67. The van der Waals surface area contributed by atoms with Crippen molar-refractivity contribution >= 4 is 98.0 Å². The molecular formula is C96H60N6. The third kappa shape index (κ3) is 9.52. The Bertz CT molecular complexity index is 6700. The minimum Gasteiger partial charge on any atom is -0.292 e. The predicted octanol–water partition coefficient (Wildman–Crippen LogP) is 24.2. The molecule has 21 rings (SSSR count). The summed E-state index contributed by atoms with van der Waals surface area (Å²) in [6.45, 7) is 0. The van der Waals surface area contributed by atoms with Crippen LogP contribution >= 0.6 is 0 Å². The number of imidazole rings is 1. The van der Waals surface area contributed by atoms with Crippen molar-refractivity contribution in [3.8, 4) is 72.7 Å². The van der Waals surface area contributed by atoms with Crippen LogP contribution in [-0.2, 0) is 5.41 Å². The maximum atomic E-state index is 5.12. The van der Waals surface area contributed by atoms with E-state index in [0.717, 1.165) is 93.5 Å². The highest BCUT2D eigenvalue weighted by Gasteiger charge is 2.46. The molecule has 0 unspecified atom stereocenters. The molecule has 20 aromatic rings. The SMILES string of the molecule is c1ccc(-n2c(-c3ccc(-c4ccc5cc(-c6c7ccccc7nc7c6ccc6cccnc67)ccc5c4)cc3)nc3ccccc32)cc1.c1ccc(C2(c3ccccc3)c3ccccc3-c3ccc(-c4ccc5cc(-c6c7ccccc7nc7c6ccc6cccnc67)ccc5c4)cc32)cc1. The van der Waals surface area contributed by atoms with Gasteiger partial charge in [0.25, 0.3) is 0 Å². The number of para-hydroxylation sites is 5. The largest absolute Gasteiger partial charge is 0.292 e. The van der Waals surface area contributed by atoms with Gasteiger partial charge in [-0.05, 0) is 167 Å². The first-order valence-electron chi connectivity index (χ1n) is 34.8. The zero-order valence-corrected chi connectivity index (χ0v) is 55.3. The molecule has 6 nitrogen and oxygen atoms in total. The Morgan fingerprint density at radius 1 is 0.245 bits per heavy atom. The van der Waals surface area contributed by atoms with E-state index in [2.05, 4.69) is 332 Å². The normalized spacial score (nSPS) is 12.4. The average molecular weight is 1300 g/mol. The Labute approximate surface area is 588 Å². The van der Waals surface area contributed by atoms with Crippen molar-refractivity contribution in [2.45, 2.75) is 5.41 Å². The predicted molar refractivity (Wildman–Crippen MR) is 423 cm³/mol. The van der Waals surface area contributed by atoms with Gasteiger partial charge in [0, 0.05) is 67.1 Å². The van der Waals surface area contributed by atoms with Gasteiger partial charge in [0.1, 0.15) is 5.82 Å². The lowest BCUT2D eigenvalue weighted by Crippen LogP contribution is -2.28. The van der Waals surface area contributed by atoms with Crippen molar-refractivity contribution in [1.82, 2.24) is 29.5 Å². The Hall–Kier alpha value is -13.6. The first-order chi connectivity index (χ1) is 50.6. The maximum absolute atomic E-state index is 5.12. The van der Waals surface area contributed by atoms with E-state index in [1.165, 1.54) is 99.4 Å². The van der Waals surface area contributed by atoms with E-state index in [-0.39, 0.29) is 0 Å². The summed E-state index contributed by atoms with van der Waals surface area (Å²) in [5, 5.41) is 11.5. The van der Waals surface area contributed by atoms with Gasteiger partial charge in [-0.3, -0.25) is 14.5 Å². The van der Waals surface area contributed by atoms with Gasteiger partial charge in [0.05, 0.1) is 49.5 Å². The Kier molecular flexibility index (Phi) is 13.7. The number of hydrogen-bond acceptors (Lipinski definition) is 5. The van der Waals surface area contributed by atoms with Crippen LogP contribution in [-0.4, -0.2) is 29.5 Å². The number of hydrogen-bond donors (Lipinski definition) is 0. The van der Waals surface area contributed by atoms with Crippen LogP contribution in [0.4, 0.5) is 0 Å². The molecule has 0 radical (unpaired) electrons. The molecule has 0 amide bonds. The summed E-state index contributed by atoms with van der Waals surface area (Å²) < 4.78 is 2.24. The summed E-state index contributed by atoms with van der Waals surface area (Å²) in [4.78, 5) is 24.7. The average Bonchev–Trinajstić information content (AvgIpc) is 1.52. The fourth-order valence-electron chi connectivity index (χ4n) is 16.3. The van der Waals surface area contributed by atoms with E-state index < -0.39 is 5.41 Å². The second-order valence-corrected chi connectivity index (χ2v) is 26.6. The third-order valence-corrected chi connectivity index (χ3v) is 20.9. The molecular weight excluding hydrogens is 1240 g/mol. The van der Waals surface area contributed by atoms with Crippen molar-refractivity contribution in [3.63, 3.8) is 0 Å². The molecule has 5 aromatic heterocycles. The summed E-state index contributed by atoms with van der Waals surface area (Å²) in [5.41, 5.74) is 26.8. The monoisotopic (exact) mass is 1300 g/mol. The molecule has 102 heavy (non-hydrogen) atoms. The van der Waals surface area contributed by atoms with Crippen molar-refractivity contribution in [2.24, 2.45) is 0 Å². The van der Waals surface area contributed by atoms with Crippen LogP contribution < -0.4 is 0 Å². The van der Waals surface area contributed by atoms with E-state index in [1.54, 1.807) is 0 Å². The highest BCUT2D eigenvalue weighted by Crippen LogP contribution is 2.57. The van der Waals surface area contributed by atoms with Crippen molar-refractivity contribution < 1.29 is 0 Å². The second-order valence-electron chi connectivity index (χ2n) is 26.6. The molecule has 15 aromatic carbocycles. The highest BCUT2D eigenvalue weighted by molar-refractivity contribution is 6.18. The number of nitrogens with zero attached hydrogens (tertiary/aromatic N) is 6. The van der Waals surface area contributed by atoms with Crippen LogP contribution in [0.3, 0.4) is 0 Å². The summed E-state index contributed by atoms with van der Waals surface area (Å²) in [6.07, 6.45) is 3.70. The maximum Gasteiger partial charge on any atom is 0.145 e. The first-order valence-corrected chi connectivity index (χ1v) is 34.8. The number of fused-ring (bicyclic) bond motifs is 14. The van der Waals surface area contributed by atoms with Gasteiger partial charge in [-0.2, -0.15) is 0 Å². The van der Waals surface area contributed by atoms with Crippen molar-refractivity contribution in [1.29, 1.82) is 0 Å². The van der Waals surface area contributed by atoms with Crippen molar-refractivity contribution in [3.05, 3.63) is 386 Å². The van der Waals surface area contributed by atoms with Crippen LogP contribution in [0.2, 0.25) is 0 Å². The minimum atomic E-state index is -0.423. The summed E-state index contributed by atoms with van der Waals surface area (Å²) >= 11 is 0. The minimum absolute atomic E-state index is 0.423. The molecule has 0 N–H and O–H groups in total. The summed E-state index contributed by atoms with van der Waals surface area (Å²) in [6, 6.07) is 127. The molecule has 1 aliphatic carbocycles. The third-order valence-electron chi connectivity index (χ3n) is 20.9. The second kappa shape index (κ2) is 23.9. The molecule has 1 aliphatic rings. The topological polar surface area (TPSA) is 69.4 Å². The smallest absolute Gasteiger partial charge is 0.145 e. The fourth-order valence-corrected chi connectivity index (χ4v) is 16.3. The zero-order chi connectivity index (χ0) is 67.2. The molecule has 0 atom stereocenters. The van der Waals surface area contributed by atoms with E-state index >= 15 is 0 Å². The van der Waals surface area contributed by atoms with Crippen LogP contribution in [0.25, 0.3) is 171 Å². The van der Waals surface area contributed by atoms with Crippen LogP contribution in [0.1, 0.15) is 22.3 Å². The molecule has 0 saturated heterocycles. The lowest BCUT2D eigenvalue weighted by molar-refractivity contribution is 0.769. The highest BCUT2D eigenvalue weighted by atomic mass is 15.1. The first kappa shape index (κ1) is 58.6. The van der Waals surface area contributed by atoms with Gasteiger partial charge in [0.2, 0.25) is 0 Å². The lowest BCUT2D eigenvalue weighted by Gasteiger charge is -2.34. The zero-order valence-electron chi connectivity index (χ0n) is 55.3. The Balaban J connectivity index is 0.000000137. The van der Waals surface area contributed by atoms with Crippen LogP contribution in [0.15, 0.2) is 364 Å². The van der Waals surface area contributed by atoms with E-state index in [4.69, 9.17) is 24.9 Å². The standard InChI is InChI=1S/C51H32N2.C45H28N4/c1-3-13-39(14-4-1)51(40-15-5-2-6-16-40)45-19-9-7-17-41(45)42-27-26-37(32-46(42)51)35-21-22-36-31-38(24-23-34(36)30-35)48-43-18-8-10-20-47(43)53-50-44(48)28-25-33-12-11-29-52-49(33)50;1-2-10-36(11-3-1)49-41-15-7-6-14-40(41)48-45(49)31-18-16-29(17-19-31)32-20-21-34-28-35(23-22-33(34)27-32)42-37-12-4-5-13-39(37)47-44-38(42)25-24-30-9-8-26-46-43(30)44/h1-32H;1-28H. The Morgan fingerprint density at radius 2 is 0.667 bits per heavy atom. The fraction of sp³-hybridized carbons (Fsp3) is 0.0104. The molecule has 0 fully saturated rings. The van der Waals surface area contributed by atoms with Crippen LogP contribution in [0.5, 0.6) is 0 Å².